The lowest BCUT2D eigenvalue weighted by Gasteiger charge is -2.27. The van der Waals surface area contributed by atoms with Crippen LogP contribution in [0.15, 0.2) is 0 Å². The molecule has 2 aliphatic carbocycles. The van der Waals surface area contributed by atoms with Crippen LogP contribution in [0.3, 0.4) is 0 Å². The minimum Gasteiger partial charge on any atom is -0.335 e. The predicted molar refractivity (Wildman–Crippen MR) is 73.3 cm³/mol. The molecule has 0 aromatic carbocycles. The van der Waals surface area contributed by atoms with Crippen LogP contribution < -0.4 is 16.4 Å². The van der Waals surface area contributed by atoms with Crippen molar-refractivity contribution >= 4 is 6.03 Å². The standard InChI is InChI=1S/C14H27N3O/c15-10-13(11-6-4-5-7-11)17-14(18)16-12-8-2-1-3-9-12/h11-13H,1-10,15H2,(H2,16,17,18). The van der Waals surface area contributed by atoms with E-state index in [0.717, 1.165) is 12.8 Å². The van der Waals surface area contributed by atoms with Gasteiger partial charge in [-0.3, -0.25) is 0 Å². The largest absolute Gasteiger partial charge is 0.335 e. The Labute approximate surface area is 110 Å². The zero-order valence-corrected chi connectivity index (χ0v) is 11.3. The number of urea groups is 1. The van der Waals surface area contributed by atoms with Crippen LogP contribution in [0.4, 0.5) is 4.79 Å². The fourth-order valence-electron chi connectivity index (χ4n) is 3.37. The first-order valence-electron chi connectivity index (χ1n) is 7.56. The summed E-state index contributed by atoms with van der Waals surface area (Å²) < 4.78 is 0. The van der Waals surface area contributed by atoms with E-state index in [1.807, 2.05) is 0 Å². The maximum absolute atomic E-state index is 12.0. The van der Waals surface area contributed by atoms with E-state index in [1.165, 1.54) is 44.9 Å². The monoisotopic (exact) mass is 253 g/mol. The molecule has 4 heteroatoms. The molecule has 18 heavy (non-hydrogen) atoms. The summed E-state index contributed by atoms with van der Waals surface area (Å²) in [6.07, 6.45) is 11.1. The molecule has 2 aliphatic rings. The Morgan fingerprint density at radius 2 is 1.67 bits per heavy atom. The highest BCUT2D eigenvalue weighted by molar-refractivity contribution is 5.74. The summed E-state index contributed by atoms with van der Waals surface area (Å²) >= 11 is 0. The number of carbonyl (C=O) groups is 1. The van der Waals surface area contributed by atoms with Crippen LogP contribution in [0, 0.1) is 5.92 Å². The lowest BCUT2D eigenvalue weighted by molar-refractivity contribution is 0.223. The van der Waals surface area contributed by atoms with Crippen molar-refractivity contribution in [2.24, 2.45) is 11.7 Å². The van der Waals surface area contributed by atoms with Crippen molar-refractivity contribution in [3.8, 4) is 0 Å². The van der Waals surface area contributed by atoms with Gasteiger partial charge >= 0.3 is 6.03 Å². The first-order valence-corrected chi connectivity index (χ1v) is 7.56. The van der Waals surface area contributed by atoms with Gasteiger partial charge in [-0.25, -0.2) is 4.79 Å². The number of nitrogens with one attached hydrogen (secondary N) is 2. The fourth-order valence-corrected chi connectivity index (χ4v) is 3.37. The van der Waals surface area contributed by atoms with Crippen molar-refractivity contribution < 1.29 is 4.79 Å². The van der Waals surface area contributed by atoms with Crippen LogP contribution >= 0.6 is 0 Å². The van der Waals surface area contributed by atoms with Crippen LogP contribution in [0.2, 0.25) is 0 Å². The van der Waals surface area contributed by atoms with Gasteiger partial charge in [0.1, 0.15) is 0 Å². The number of nitrogens with two attached hydrogens (primary N) is 1. The Morgan fingerprint density at radius 1 is 1.06 bits per heavy atom. The highest BCUT2D eigenvalue weighted by Crippen LogP contribution is 2.27. The Balaban J connectivity index is 1.73. The summed E-state index contributed by atoms with van der Waals surface area (Å²) in [6, 6.07) is 0.529. The van der Waals surface area contributed by atoms with Crippen molar-refractivity contribution in [3.05, 3.63) is 0 Å². The summed E-state index contributed by atoms with van der Waals surface area (Å²) in [5.41, 5.74) is 5.79. The predicted octanol–water partition coefficient (Wildman–Crippen LogP) is 2.14. The van der Waals surface area contributed by atoms with Crippen molar-refractivity contribution in [2.45, 2.75) is 69.9 Å². The molecule has 0 aliphatic heterocycles. The molecule has 2 amide bonds. The molecule has 0 spiro atoms. The van der Waals surface area contributed by atoms with E-state index >= 15 is 0 Å². The van der Waals surface area contributed by atoms with Crippen molar-refractivity contribution in [2.75, 3.05) is 6.54 Å². The van der Waals surface area contributed by atoms with Gasteiger partial charge in [0.25, 0.3) is 0 Å². The Bertz CT molecular complexity index is 258. The van der Waals surface area contributed by atoms with E-state index in [0.29, 0.717) is 18.5 Å². The fraction of sp³-hybridized carbons (Fsp3) is 0.929. The molecule has 2 fully saturated rings. The minimum absolute atomic E-state index is 0.00995. The van der Waals surface area contributed by atoms with Crippen molar-refractivity contribution in [1.82, 2.24) is 10.6 Å². The smallest absolute Gasteiger partial charge is 0.315 e. The van der Waals surface area contributed by atoms with Gasteiger partial charge in [0.05, 0.1) is 0 Å². The van der Waals surface area contributed by atoms with Gasteiger partial charge < -0.3 is 16.4 Å². The van der Waals surface area contributed by atoms with Gasteiger partial charge in [-0.2, -0.15) is 0 Å². The van der Waals surface area contributed by atoms with Crippen LogP contribution in [0.25, 0.3) is 0 Å². The van der Waals surface area contributed by atoms with E-state index in [2.05, 4.69) is 10.6 Å². The maximum atomic E-state index is 12.0. The molecule has 2 rings (SSSR count). The molecule has 4 N–H and O–H groups in total. The summed E-state index contributed by atoms with van der Waals surface area (Å²) in [7, 11) is 0. The molecular formula is C14H27N3O. The molecule has 0 aromatic heterocycles. The lowest BCUT2D eigenvalue weighted by Crippen LogP contribution is -2.51. The molecule has 2 saturated carbocycles. The number of hydrogen-bond acceptors (Lipinski definition) is 2. The molecular weight excluding hydrogens is 226 g/mol. The molecule has 0 radical (unpaired) electrons. The van der Waals surface area contributed by atoms with Crippen LogP contribution in [0.5, 0.6) is 0 Å². The first kappa shape index (κ1) is 13.7. The van der Waals surface area contributed by atoms with Crippen LogP contribution in [0.1, 0.15) is 57.8 Å². The third kappa shape index (κ3) is 3.87. The Kier molecular flexibility index (Phi) is 5.29. The van der Waals surface area contributed by atoms with Gasteiger partial charge in [-0.1, -0.05) is 32.1 Å². The molecule has 0 saturated heterocycles. The molecule has 0 heterocycles. The van der Waals surface area contributed by atoms with E-state index < -0.39 is 0 Å². The quantitative estimate of drug-likeness (QED) is 0.718. The van der Waals surface area contributed by atoms with Gasteiger partial charge in [-0.05, 0) is 31.6 Å². The molecule has 4 nitrogen and oxygen atoms in total. The second kappa shape index (κ2) is 6.98. The van der Waals surface area contributed by atoms with Crippen LogP contribution in [-0.4, -0.2) is 24.7 Å². The topological polar surface area (TPSA) is 67.1 Å². The third-order valence-corrected chi connectivity index (χ3v) is 4.48. The normalized spacial score (nSPS) is 23.8. The van der Waals surface area contributed by atoms with Gasteiger partial charge in [-0.15, -0.1) is 0 Å². The maximum Gasteiger partial charge on any atom is 0.315 e. The van der Waals surface area contributed by atoms with Crippen molar-refractivity contribution in [1.29, 1.82) is 0 Å². The lowest BCUT2D eigenvalue weighted by atomic mass is 9.95. The molecule has 0 bridgehead atoms. The SMILES string of the molecule is NCC(NC(=O)NC1CCCCC1)C1CCCC1. The number of rotatable bonds is 4. The Morgan fingerprint density at radius 3 is 2.28 bits per heavy atom. The summed E-state index contributed by atoms with van der Waals surface area (Å²) in [5.74, 6) is 0.590. The zero-order valence-electron chi connectivity index (χ0n) is 11.3. The third-order valence-electron chi connectivity index (χ3n) is 4.48. The van der Waals surface area contributed by atoms with Gasteiger partial charge in [0.2, 0.25) is 0 Å². The van der Waals surface area contributed by atoms with E-state index in [4.69, 9.17) is 5.73 Å². The summed E-state index contributed by atoms with van der Waals surface area (Å²) in [4.78, 5) is 12.0. The number of amides is 2. The van der Waals surface area contributed by atoms with Crippen LogP contribution in [-0.2, 0) is 0 Å². The molecule has 104 valence electrons. The van der Waals surface area contributed by atoms with Gasteiger partial charge in [0, 0.05) is 18.6 Å². The van der Waals surface area contributed by atoms with E-state index in [1.54, 1.807) is 0 Å². The number of hydrogen-bond donors (Lipinski definition) is 3. The number of carbonyl (C=O) groups excluding carboxylic acids is 1. The summed E-state index contributed by atoms with van der Waals surface area (Å²) in [6.45, 7) is 0.558. The van der Waals surface area contributed by atoms with Gasteiger partial charge in [0.15, 0.2) is 0 Å². The zero-order chi connectivity index (χ0) is 12.8. The molecule has 1 unspecified atom stereocenters. The van der Waals surface area contributed by atoms with E-state index in [-0.39, 0.29) is 12.1 Å². The highest BCUT2D eigenvalue weighted by Gasteiger charge is 2.26. The second-order valence-corrected chi connectivity index (χ2v) is 5.84. The highest BCUT2D eigenvalue weighted by atomic mass is 16.2. The van der Waals surface area contributed by atoms with E-state index in [9.17, 15) is 4.79 Å². The molecule has 1 atom stereocenters. The first-order chi connectivity index (χ1) is 8.79. The second-order valence-electron chi connectivity index (χ2n) is 5.84. The average Bonchev–Trinajstić information content (AvgIpc) is 2.91. The minimum atomic E-state index is -0.00995. The summed E-state index contributed by atoms with van der Waals surface area (Å²) in [5, 5.41) is 6.18. The average molecular weight is 253 g/mol. The Hall–Kier alpha value is -0.770. The molecule has 0 aromatic rings. The van der Waals surface area contributed by atoms with Crippen molar-refractivity contribution in [3.63, 3.8) is 0 Å².